The number of halogens is 2. The van der Waals surface area contributed by atoms with E-state index in [0.717, 1.165) is 17.4 Å². The minimum Gasteiger partial charge on any atom is -0.435 e. The van der Waals surface area contributed by atoms with Crippen molar-refractivity contribution < 1.29 is 12.8 Å². The first-order chi connectivity index (χ1) is 14.3. The van der Waals surface area contributed by atoms with Crippen LogP contribution >= 0.6 is 27.5 Å². The van der Waals surface area contributed by atoms with E-state index in [1.54, 1.807) is 24.3 Å². The lowest BCUT2D eigenvalue weighted by atomic mass is 10.2. The van der Waals surface area contributed by atoms with Crippen LogP contribution in [0.15, 0.2) is 62.4 Å². The zero-order valence-corrected chi connectivity index (χ0v) is 19.5. The predicted molar refractivity (Wildman–Crippen MR) is 121 cm³/mol. The molecule has 1 saturated heterocycles. The number of hydrogen-bond donors (Lipinski definition) is 0. The first-order valence-electron chi connectivity index (χ1n) is 9.56. The molecule has 2 heterocycles. The van der Waals surface area contributed by atoms with Crippen molar-refractivity contribution in [2.45, 2.75) is 11.4 Å². The van der Waals surface area contributed by atoms with Crippen LogP contribution in [0.4, 0.5) is 0 Å². The zero-order chi connectivity index (χ0) is 21.3. The van der Waals surface area contributed by atoms with Gasteiger partial charge in [0.1, 0.15) is 0 Å². The number of benzene rings is 2. The first-order valence-corrected chi connectivity index (χ1v) is 12.2. The summed E-state index contributed by atoms with van der Waals surface area (Å²) in [5, 5.41) is 0.499. The summed E-state index contributed by atoms with van der Waals surface area (Å²) in [6, 6.07) is 14.3. The summed E-state index contributed by atoms with van der Waals surface area (Å²) in [6.45, 7) is 2.40. The molecular weight excluding hydrogens is 490 g/mol. The lowest BCUT2D eigenvalue weighted by molar-refractivity contribution is 0.347. The Morgan fingerprint density at radius 1 is 0.967 bits per heavy atom. The van der Waals surface area contributed by atoms with Crippen LogP contribution in [0.2, 0.25) is 5.02 Å². The second-order valence-corrected chi connectivity index (χ2v) is 10.4. The highest BCUT2D eigenvalue weighted by atomic mass is 79.9. The number of sulfonamides is 1. The van der Waals surface area contributed by atoms with Gasteiger partial charge in [-0.25, -0.2) is 8.42 Å². The van der Waals surface area contributed by atoms with E-state index in [2.05, 4.69) is 25.8 Å². The van der Waals surface area contributed by atoms with E-state index >= 15 is 0 Å². The van der Waals surface area contributed by atoms with Crippen LogP contribution in [-0.2, 0) is 10.0 Å². The highest BCUT2D eigenvalue weighted by Crippen LogP contribution is 2.35. The standard InChI is InChI=1S/C21H21BrClN3O3S/c1-25-11-2-12-26(14-13-25)30(27,28)21-19(15-5-9-18(23)10-6-15)29-20(24-21)16-3-7-17(22)8-4-16/h3-10H,2,11-14H2,1H3. The smallest absolute Gasteiger partial charge is 0.264 e. The second-order valence-electron chi connectivity index (χ2n) is 7.23. The fourth-order valence-electron chi connectivity index (χ4n) is 3.37. The highest BCUT2D eigenvalue weighted by Gasteiger charge is 2.33. The maximum atomic E-state index is 13.6. The van der Waals surface area contributed by atoms with Crippen LogP contribution in [-0.4, -0.2) is 55.8 Å². The van der Waals surface area contributed by atoms with Gasteiger partial charge in [0, 0.05) is 40.3 Å². The third-order valence-electron chi connectivity index (χ3n) is 5.06. The summed E-state index contributed by atoms with van der Waals surface area (Å²) in [6.07, 6.45) is 0.767. The average Bonchev–Trinajstić information content (AvgIpc) is 3.06. The molecule has 0 spiro atoms. The van der Waals surface area contributed by atoms with Gasteiger partial charge in [-0.05, 0) is 68.5 Å². The molecule has 1 aromatic heterocycles. The van der Waals surface area contributed by atoms with Gasteiger partial charge in [0.15, 0.2) is 5.76 Å². The van der Waals surface area contributed by atoms with Crippen molar-refractivity contribution in [2.24, 2.45) is 0 Å². The van der Waals surface area contributed by atoms with E-state index in [1.165, 1.54) is 4.31 Å². The predicted octanol–water partition coefficient (Wildman–Crippen LogP) is 4.75. The molecule has 2 aromatic carbocycles. The summed E-state index contributed by atoms with van der Waals surface area (Å²) in [5.41, 5.74) is 1.31. The van der Waals surface area contributed by atoms with Gasteiger partial charge in [0.2, 0.25) is 10.9 Å². The topological polar surface area (TPSA) is 66.7 Å². The van der Waals surface area contributed by atoms with E-state index < -0.39 is 10.0 Å². The van der Waals surface area contributed by atoms with Crippen LogP contribution in [0.25, 0.3) is 22.8 Å². The normalized spacial score (nSPS) is 16.5. The Bertz CT molecular complexity index is 1130. The Balaban J connectivity index is 1.82. The molecule has 9 heteroatoms. The van der Waals surface area contributed by atoms with E-state index in [9.17, 15) is 8.42 Å². The molecule has 0 amide bonds. The molecule has 6 nitrogen and oxygen atoms in total. The highest BCUT2D eigenvalue weighted by molar-refractivity contribution is 9.10. The molecule has 3 aromatic rings. The summed E-state index contributed by atoms with van der Waals surface area (Å²) in [5.74, 6) is 0.486. The molecule has 4 rings (SSSR count). The Labute approximate surface area is 189 Å². The van der Waals surface area contributed by atoms with Gasteiger partial charge < -0.3 is 9.32 Å². The Hall–Kier alpha value is -1.71. The fraction of sp³-hybridized carbons (Fsp3) is 0.286. The molecule has 30 heavy (non-hydrogen) atoms. The van der Waals surface area contributed by atoms with E-state index in [4.69, 9.17) is 16.0 Å². The zero-order valence-electron chi connectivity index (χ0n) is 16.4. The van der Waals surface area contributed by atoms with E-state index in [1.807, 2.05) is 31.3 Å². The summed E-state index contributed by atoms with van der Waals surface area (Å²) < 4.78 is 35.5. The van der Waals surface area contributed by atoms with Crippen LogP contribution in [0.5, 0.6) is 0 Å². The number of oxazole rings is 1. The summed E-state index contributed by atoms with van der Waals surface area (Å²) in [4.78, 5) is 6.58. The van der Waals surface area contributed by atoms with Crippen molar-refractivity contribution in [3.63, 3.8) is 0 Å². The summed E-state index contributed by atoms with van der Waals surface area (Å²) >= 11 is 9.42. The second kappa shape index (κ2) is 8.80. The van der Waals surface area contributed by atoms with Crippen LogP contribution in [0.1, 0.15) is 6.42 Å². The van der Waals surface area contributed by atoms with Gasteiger partial charge in [0.25, 0.3) is 10.0 Å². The largest absolute Gasteiger partial charge is 0.435 e. The Kier molecular flexibility index (Phi) is 6.31. The van der Waals surface area contributed by atoms with Crippen LogP contribution < -0.4 is 0 Å². The molecule has 158 valence electrons. The molecule has 0 bridgehead atoms. The quantitative estimate of drug-likeness (QED) is 0.507. The molecular formula is C21H21BrClN3O3S. The van der Waals surface area contributed by atoms with Gasteiger partial charge in [0.05, 0.1) is 0 Å². The van der Waals surface area contributed by atoms with Gasteiger partial charge in [-0.15, -0.1) is 0 Å². The van der Waals surface area contributed by atoms with Crippen molar-refractivity contribution >= 4 is 37.6 Å². The van der Waals surface area contributed by atoms with Crippen LogP contribution in [0.3, 0.4) is 0 Å². The average molecular weight is 511 g/mol. The number of aromatic nitrogens is 1. The lowest BCUT2D eigenvalue weighted by Crippen LogP contribution is -2.35. The monoisotopic (exact) mass is 509 g/mol. The number of hydrogen-bond acceptors (Lipinski definition) is 5. The molecule has 1 aliphatic rings. The van der Waals surface area contributed by atoms with Gasteiger partial charge in [-0.1, -0.05) is 27.5 Å². The van der Waals surface area contributed by atoms with E-state index in [0.29, 0.717) is 35.8 Å². The maximum Gasteiger partial charge on any atom is 0.264 e. The van der Waals surface area contributed by atoms with Crippen molar-refractivity contribution in [3.05, 3.63) is 58.0 Å². The molecule has 0 radical (unpaired) electrons. The fourth-order valence-corrected chi connectivity index (χ4v) is 5.28. The van der Waals surface area contributed by atoms with Crippen molar-refractivity contribution in [2.75, 3.05) is 33.2 Å². The van der Waals surface area contributed by atoms with Crippen LogP contribution in [0, 0.1) is 0 Å². The SMILES string of the molecule is CN1CCCN(S(=O)(=O)c2nc(-c3ccc(Br)cc3)oc2-c2ccc(Cl)cc2)CC1. The number of rotatable bonds is 4. The van der Waals surface area contributed by atoms with Gasteiger partial charge in [-0.3, -0.25) is 0 Å². The number of likely N-dealkylation sites (N-methyl/N-ethyl adjacent to an activating group) is 1. The van der Waals surface area contributed by atoms with Gasteiger partial charge in [-0.2, -0.15) is 9.29 Å². The summed E-state index contributed by atoms with van der Waals surface area (Å²) in [7, 11) is -1.84. The molecule has 1 aliphatic heterocycles. The number of nitrogens with zero attached hydrogens (tertiary/aromatic N) is 3. The maximum absolute atomic E-state index is 13.6. The Morgan fingerprint density at radius 2 is 1.63 bits per heavy atom. The molecule has 0 unspecified atom stereocenters. The van der Waals surface area contributed by atoms with Crippen molar-refractivity contribution in [3.8, 4) is 22.8 Å². The third kappa shape index (κ3) is 4.48. The first kappa shape index (κ1) is 21.5. The van der Waals surface area contributed by atoms with Crippen molar-refractivity contribution in [1.82, 2.24) is 14.2 Å². The minimum atomic E-state index is -3.83. The minimum absolute atomic E-state index is 0.0627. The molecule has 0 saturated carbocycles. The third-order valence-corrected chi connectivity index (χ3v) is 7.65. The van der Waals surface area contributed by atoms with E-state index in [-0.39, 0.29) is 16.7 Å². The Morgan fingerprint density at radius 3 is 2.33 bits per heavy atom. The van der Waals surface area contributed by atoms with Gasteiger partial charge >= 0.3 is 0 Å². The molecule has 0 aliphatic carbocycles. The molecule has 0 atom stereocenters. The molecule has 1 fully saturated rings. The van der Waals surface area contributed by atoms with Crippen molar-refractivity contribution in [1.29, 1.82) is 0 Å². The molecule has 0 N–H and O–H groups in total. The lowest BCUT2D eigenvalue weighted by Gasteiger charge is -2.19.